The molecule has 0 unspecified atom stereocenters. The summed E-state index contributed by atoms with van der Waals surface area (Å²) in [7, 11) is 1.55. The van der Waals surface area contributed by atoms with Crippen LogP contribution in [0.15, 0.2) is 15.5 Å². The van der Waals surface area contributed by atoms with E-state index < -0.39 is 5.91 Å². The van der Waals surface area contributed by atoms with Crippen LogP contribution in [-0.4, -0.2) is 39.4 Å². The Hall–Kier alpha value is -2.59. The molecular weight excluding hydrogens is 370 g/mol. The molecule has 3 rings (SSSR count). The van der Waals surface area contributed by atoms with Gasteiger partial charge in [-0.2, -0.15) is 0 Å². The number of fused-ring (bicyclic) bond motifs is 1. The summed E-state index contributed by atoms with van der Waals surface area (Å²) in [5.74, 6) is 0.295. The number of aromatic nitrogens is 4. The van der Waals surface area contributed by atoms with Crippen LogP contribution in [-0.2, 0) is 17.7 Å². The number of hydrogen-bond donors (Lipinski definition) is 1. The van der Waals surface area contributed by atoms with Crippen molar-refractivity contribution in [3.8, 4) is 0 Å². The van der Waals surface area contributed by atoms with Gasteiger partial charge in [0.2, 0.25) is 10.8 Å². The van der Waals surface area contributed by atoms with Crippen molar-refractivity contribution in [2.75, 3.05) is 19.0 Å². The average Bonchev–Trinajstić information content (AvgIpc) is 3.17. The molecule has 0 saturated heterocycles. The fraction of sp³-hybridized carbons (Fsp3) is 0.471. The van der Waals surface area contributed by atoms with Gasteiger partial charge in [-0.1, -0.05) is 25.2 Å². The number of hydrogen-bond acceptors (Lipinski definition) is 8. The van der Waals surface area contributed by atoms with Crippen LogP contribution < -0.4 is 10.9 Å². The molecule has 0 aromatic carbocycles. The molecule has 3 aromatic rings. The molecule has 1 amide bonds. The third-order valence-electron chi connectivity index (χ3n) is 3.89. The zero-order chi connectivity index (χ0) is 19.6. The third kappa shape index (κ3) is 4.06. The first-order valence-corrected chi connectivity index (χ1v) is 9.33. The molecule has 0 bridgehead atoms. The van der Waals surface area contributed by atoms with Crippen LogP contribution in [0.5, 0.6) is 0 Å². The molecule has 0 atom stereocenters. The van der Waals surface area contributed by atoms with Gasteiger partial charge in [0.05, 0.1) is 18.7 Å². The maximum atomic E-state index is 12.8. The number of rotatable bonds is 7. The van der Waals surface area contributed by atoms with Crippen LogP contribution in [0.1, 0.15) is 35.0 Å². The summed E-state index contributed by atoms with van der Waals surface area (Å²) in [6.07, 6.45) is 2.17. The van der Waals surface area contributed by atoms with Crippen LogP contribution in [0.3, 0.4) is 0 Å². The number of carbonyl (C=O) groups excluding carboxylic acids is 1. The number of aryl methyl sites for hydroxylation is 1. The van der Waals surface area contributed by atoms with Crippen molar-refractivity contribution < 1.29 is 13.9 Å². The summed E-state index contributed by atoms with van der Waals surface area (Å²) in [5, 5.41) is 12.2. The van der Waals surface area contributed by atoms with Gasteiger partial charge in [-0.3, -0.25) is 19.5 Å². The maximum absolute atomic E-state index is 12.8. The fourth-order valence-electron chi connectivity index (χ4n) is 2.66. The molecule has 3 aromatic heterocycles. The molecule has 0 fully saturated rings. The average molecular weight is 391 g/mol. The lowest BCUT2D eigenvalue weighted by atomic mass is 10.1. The molecule has 0 aliphatic rings. The highest BCUT2D eigenvalue weighted by Gasteiger charge is 2.24. The Bertz CT molecular complexity index is 1020. The normalized spacial score (nSPS) is 11.4. The standard InChI is InChI=1S/C17H21N5O4S/c1-9(2)7-11-20-21-17(27-11)19-14(23)12-10(3)26-15-13(12)16(24)22(8-18-15)5-6-25-4/h8-9H,5-7H2,1-4H3,(H,19,21,23). The number of carbonyl (C=O) groups is 1. The zero-order valence-corrected chi connectivity index (χ0v) is 16.4. The third-order valence-corrected chi connectivity index (χ3v) is 4.75. The molecule has 9 nitrogen and oxygen atoms in total. The van der Waals surface area contributed by atoms with Crippen LogP contribution in [0.2, 0.25) is 0 Å². The number of nitrogens with one attached hydrogen (secondary N) is 1. The second-order valence-electron chi connectivity index (χ2n) is 6.50. The Balaban J connectivity index is 1.93. The SMILES string of the molecule is COCCn1cnc2oc(C)c(C(=O)Nc3nnc(CC(C)C)s3)c2c1=O. The molecule has 0 radical (unpaired) electrons. The summed E-state index contributed by atoms with van der Waals surface area (Å²) in [4.78, 5) is 29.7. The molecule has 27 heavy (non-hydrogen) atoms. The molecule has 3 heterocycles. The van der Waals surface area contributed by atoms with Crippen molar-refractivity contribution in [1.82, 2.24) is 19.7 Å². The van der Waals surface area contributed by atoms with Gasteiger partial charge >= 0.3 is 0 Å². The number of nitrogens with zero attached hydrogens (tertiary/aromatic N) is 4. The largest absolute Gasteiger partial charge is 0.442 e. The summed E-state index contributed by atoms with van der Waals surface area (Å²) < 4.78 is 11.9. The minimum Gasteiger partial charge on any atom is -0.442 e. The minimum atomic E-state index is -0.470. The van der Waals surface area contributed by atoms with Crippen molar-refractivity contribution in [3.63, 3.8) is 0 Å². The predicted molar refractivity (Wildman–Crippen MR) is 101 cm³/mol. The van der Waals surface area contributed by atoms with Gasteiger partial charge < -0.3 is 9.15 Å². The van der Waals surface area contributed by atoms with Gasteiger partial charge in [0, 0.05) is 13.5 Å². The molecule has 10 heteroatoms. The first-order chi connectivity index (χ1) is 12.9. The topological polar surface area (TPSA) is 112 Å². The molecule has 0 aliphatic heterocycles. The van der Waals surface area contributed by atoms with E-state index in [1.165, 1.54) is 22.2 Å². The Morgan fingerprint density at radius 1 is 1.41 bits per heavy atom. The smallest absolute Gasteiger partial charge is 0.265 e. The Morgan fingerprint density at radius 2 is 2.19 bits per heavy atom. The summed E-state index contributed by atoms with van der Waals surface area (Å²) in [6, 6.07) is 0. The highest BCUT2D eigenvalue weighted by molar-refractivity contribution is 7.15. The minimum absolute atomic E-state index is 0.133. The number of ether oxygens (including phenoxy) is 1. The van der Waals surface area contributed by atoms with Crippen molar-refractivity contribution in [2.24, 2.45) is 5.92 Å². The van der Waals surface area contributed by atoms with Gasteiger partial charge in [-0.25, -0.2) is 4.98 Å². The maximum Gasteiger partial charge on any atom is 0.265 e. The quantitative estimate of drug-likeness (QED) is 0.657. The Labute approximate surface area is 159 Å². The van der Waals surface area contributed by atoms with Crippen LogP contribution in [0, 0.1) is 12.8 Å². The Morgan fingerprint density at radius 3 is 2.89 bits per heavy atom. The second-order valence-corrected chi connectivity index (χ2v) is 7.56. The van der Waals surface area contributed by atoms with Gasteiger partial charge in [-0.15, -0.1) is 10.2 Å². The lowest BCUT2D eigenvalue weighted by Crippen LogP contribution is -2.24. The molecule has 0 saturated carbocycles. The highest BCUT2D eigenvalue weighted by atomic mass is 32.1. The van der Waals surface area contributed by atoms with E-state index in [1.807, 2.05) is 0 Å². The molecule has 0 aliphatic carbocycles. The number of anilines is 1. The first-order valence-electron chi connectivity index (χ1n) is 8.52. The monoisotopic (exact) mass is 391 g/mol. The van der Waals surface area contributed by atoms with E-state index in [0.717, 1.165) is 11.4 Å². The van der Waals surface area contributed by atoms with Crippen LogP contribution in [0.25, 0.3) is 11.1 Å². The molecular formula is C17H21N5O4S. The fourth-order valence-corrected chi connectivity index (χ4v) is 3.60. The summed E-state index contributed by atoms with van der Waals surface area (Å²) >= 11 is 1.32. The molecule has 144 valence electrons. The van der Waals surface area contributed by atoms with Gasteiger partial charge in [0.1, 0.15) is 22.5 Å². The van der Waals surface area contributed by atoms with Gasteiger partial charge in [0.25, 0.3) is 11.5 Å². The Kier molecular flexibility index (Phi) is 5.66. The van der Waals surface area contributed by atoms with E-state index >= 15 is 0 Å². The van der Waals surface area contributed by atoms with Crippen LogP contribution in [0.4, 0.5) is 5.13 Å². The van der Waals surface area contributed by atoms with Crippen molar-refractivity contribution >= 4 is 33.5 Å². The highest BCUT2D eigenvalue weighted by Crippen LogP contribution is 2.24. The number of furan rings is 1. The molecule has 1 N–H and O–H groups in total. The lowest BCUT2D eigenvalue weighted by Gasteiger charge is -2.04. The van der Waals surface area contributed by atoms with Crippen molar-refractivity contribution in [3.05, 3.63) is 33.0 Å². The van der Waals surface area contributed by atoms with E-state index in [0.29, 0.717) is 30.0 Å². The van der Waals surface area contributed by atoms with E-state index in [2.05, 4.69) is 34.3 Å². The summed E-state index contributed by atoms with van der Waals surface area (Å²) in [5.41, 5.74) is -0.0548. The van der Waals surface area contributed by atoms with E-state index in [4.69, 9.17) is 9.15 Å². The van der Waals surface area contributed by atoms with Gasteiger partial charge in [-0.05, 0) is 12.8 Å². The van der Waals surface area contributed by atoms with E-state index in [1.54, 1.807) is 14.0 Å². The van der Waals surface area contributed by atoms with Crippen molar-refractivity contribution in [1.29, 1.82) is 0 Å². The van der Waals surface area contributed by atoms with E-state index in [9.17, 15) is 9.59 Å². The summed E-state index contributed by atoms with van der Waals surface area (Å²) in [6.45, 7) is 6.48. The van der Waals surface area contributed by atoms with Crippen LogP contribution >= 0.6 is 11.3 Å². The number of methoxy groups -OCH3 is 1. The first kappa shape index (κ1) is 19.2. The molecule has 0 spiro atoms. The van der Waals surface area contributed by atoms with Crippen molar-refractivity contribution in [2.45, 2.75) is 33.7 Å². The zero-order valence-electron chi connectivity index (χ0n) is 15.6. The predicted octanol–water partition coefficient (Wildman–Crippen LogP) is 2.25. The van der Waals surface area contributed by atoms with Gasteiger partial charge in [0.15, 0.2) is 0 Å². The van der Waals surface area contributed by atoms with E-state index in [-0.39, 0.29) is 22.2 Å². The lowest BCUT2D eigenvalue weighted by molar-refractivity contribution is 0.102. The second kappa shape index (κ2) is 7.97. The number of amides is 1.